The SMILES string of the molecule is CC(C)N(CCC#N)CC(CBr)C(C)(C)C. The molecule has 0 rings (SSSR count). The minimum absolute atomic E-state index is 0.309. The predicted molar refractivity (Wildman–Crippen MR) is 73.7 cm³/mol. The molecule has 0 aliphatic heterocycles. The quantitative estimate of drug-likeness (QED) is 0.698. The molecule has 94 valence electrons. The highest BCUT2D eigenvalue weighted by molar-refractivity contribution is 9.09. The number of alkyl halides is 1. The number of halogens is 1. The summed E-state index contributed by atoms with van der Waals surface area (Å²) in [4.78, 5) is 2.40. The molecule has 0 aromatic rings. The van der Waals surface area contributed by atoms with Gasteiger partial charge in [-0.3, -0.25) is 4.90 Å². The summed E-state index contributed by atoms with van der Waals surface area (Å²) in [6, 6.07) is 2.74. The molecule has 2 nitrogen and oxygen atoms in total. The van der Waals surface area contributed by atoms with Crippen LogP contribution in [-0.4, -0.2) is 29.4 Å². The van der Waals surface area contributed by atoms with Crippen LogP contribution in [0, 0.1) is 22.7 Å². The lowest BCUT2D eigenvalue weighted by atomic mass is 9.81. The van der Waals surface area contributed by atoms with Crippen LogP contribution < -0.4 is 0 Å². The number of nitrogens with zero attached hydrogens (tertiary/aromatic N) is 2. The highest BCUT2D eigenvalue weighted by Crippen LogP contribution is 2.28. The van der Waals surface area contributed by atoms with E-state index < -0.39 is 0 Å². The Labute approximate surface area is 109 Å². The summed E-state index contributed by atoms with van der Waals surface area (Å²) >= 11 is 3.61. The van der Waals surface area contributed by atoms with Crippen LogP contribution in [0.1, 0.15) is 41.0 Å². The van der Waals surface area contributed by atoms with E-state index in [2.05, 4.69) is 61.5 Å². The number of hydrogen-bond donors (Lipinski definition) is 0. The standard InChI is InChI=1S/C13H25BrN2/c1-11(2)16(8-6-7-15)10-12(9-14)13(3,4)5/h11-12H,6,8-10H2,1-5H3. The van der Waals surface area contributed by atoms with Gasteiger partial charge >= 0.3 is 0 Å². The molecule has 0 aromatic heterocycles. The van der Waals surface area contributed by atoms with Gasteiger partial charge in [0.05, 0.1) is 6.07 Å². The molecule has 0 saturated carbocycles. The first-order valence-corrected chi connectivity index (χ1v) is 7.12. The highest BCUT2D eigenvalue weighted by Gasteiger charge is 2.26. The van der Waals surface area contributed by atoms with Gasteiger partial charge in [-0.1, -0.05) is 36.7 Å². The molecule has 0 saturated heterocycles. The second kappa shape index (κ2) is 7.29. The second-order valence-electron chi connectivity index (χ2n) is 5.71. The van der Waals surface area contributed by atoms with Crippen molar-refractivity contribution < 1.29 is 0 Å². The van der Waals surface area contributed by atoms with Crippen LogP contribution in [0.15, 0.2) is 0 Å². The summed E-state index contributed by atoms with van der Waals surface area (Å²) in [6.07, 6.45) is 0.622. The molecule has 0 aromatic carbocycles. The summed E-state index contributed by atoms with van der Waals surface area (Å²) in [5.74, 6) is 0.619. The summed E-state index contributed by atoms with van der Waals surface area (Å²) in [5, 5.41) is 9.68. The maximum Gasteiger partial charge on any atom is 0.0635 e. The number of nitriles is 1. The van der Waals surface area contributed by atoms with E-state index in [0.717, 1.165) is 18.4 Å². The van der Waals surface area contributed by atoms with Gasteiger partial charge in [0.2, 0.25) is 0 Å². The van der Waals surface area contributed by atoms with Gasteiger partial charge in [-0.15, -0.1) is 0 Å². The lowest BCUT2D eigenvalue weighted by Crippen LogP contribution is -2.40. The Kier molecular flexibility index (Phi) is 7.26. The summed E-state index contributed by atoms with van der Waals surface area (Å²) in [5.41, 5.74) is 0.309. The van der Waals surface area contributed by atoms with Gasteiger partial charge in [-0.2, -0.15) is 5.26 Å². The predicted octanol–water partition coefficient (Wildman–Crippen LogP) is 3.67. The zero-order chi connectivity index (χ0) is 12.8. The lowest BCUT2D eigenvalue weighted by Gasteiger charge is -2.36. The molecule has 0 spiro atoms. The molecule has 3 heteroatoms. The van der Waals surface area contributed by atoms with Gasteiger partial charge in [0.25, 0.3) is 0 Å². The second-order valence-corrected chi connectivity index (χ2v) is 6.36. The Morgan fingerprint density at radius 1 is 1.31 bits per heavy atom. The zero-order valence-corrected chi connectivity index (χ0v) is 12.8. The van der Waals surface area contributed by atoms with Crippen LogP contribution in [0.4, 0.5) is 0 Å². The van der Waals surface area contributed by atoms with Gasteiger partial charge < -0.3 is 0 Å². The van der Waals surface area contributed by atoms with Crippen molar-refractivity contribution in [2.45, 2.75) is 47.1 Å². The van der Waals surface area contributed by atoms with Crippen molar-refractivity contribution >= 4 is 15.9 Å². The van der Waals surface area contributed by atoms with Gasteiger partial charge in [-0.25, -0.2) is 0 Å². The molecule has 0 fully saturated rings. The maximum absolute atomic E-state index is 8.66. The minimum atomic E-state index is 0.309. The van der Waals surface area contributed by atoms with Crippen LogP contribution in [0.2, 0.25) is 0 Å². The first-order chi connectivity index (χ1) is 7.32. The third kappa shape index (κ3) is 5.86. The van der Waals surface area contributed by atoms with Crippen molar-refractivity contribution in [3.8, 4) is 6.07 Å². The van der Waals surface area contributed by atoms with Crippen molar-refractivity contribution in [2.24, 2.45) is 11.3 Å². The molecule has 0 N–H and O–H groups in total. The Balaban J connectivity index is 4.42. The monoisotopic (exact) mass is 288 g/mol. The summed E-state index contributed by atoms with van der Waals surface area (Å²) < 4.78 is 0. The largest absolute Gasteiger partial charge is 0.300 e. The Morgan fingerprint density at radius 2 is 1.88 bits per heavy atom. The van der Waals surface area contributed by atoms with E-state index in [1.807, 2.05) is 0 Å². The average Bonchev–Trinajstić information content (AvgIpc) is 2.15. The molecule has 16 heavy (non-hydrogen) atoms. The smallest absolute Gasteiger partial charge is 0.0635 e. The van der Waals surface area contributed by atoms with Crippen LogP contribution in [0.5, 0.6) is 0 Å². The van der Waals surface area contributed by atoms with Gasteiger partial charge in [0, 0.05) is 30.9 Å². The molecular weight excluding hydrogens is 264 g/mol. The molecule has 1 unspecified atom stereocenters. The van der Waals surface area contributed by atoms with Gasteiger partial charge in [0.1, 0.15) is 0 Å². The Bertz CT molecular complexity index is 225. The molecule has 0 aliphatic rings. The van der Waals surface area contributed by atoms with Crippen molar-refractivity contribution in [2.75, 3.05) is 18.4 Å². The number of hydrogen-bond acceptors (Lipinski definition) is 2. The van der Waals surface area contributed by atoms with Crippen molar-refractivity contribution in [3.05, 3.63) is 0 Å². The lowest BCUT2D eigenvalue weighted by molar-refractivity contribution is 0.141. The van der Waals surface area contributed by atoms with Gasteiger partial charge in [0.15, 0.2) is 0 Å². The van der Waals surface area contributed by atoms with E-state index in [-0.39, 0.29) is 0 Å². The van der Waals surface area contributed by atoms with Crippen molar-refractivity contribution in [1.29, 1.82) is 5.26 Å². The molecular formula is C13H25BrN2. The molecule has 1 atom stereocenters. The number of rotatable bonds is 6. The third-order valence-electron chi connectivity index (χ3n) is 3.11. The molecule has 0 radical (unpaired) electrons. The van der Waals surface area contributed by atoms with Crippen molar-refractivity contribution in [3.63, 3.8) is 0 Å². The molecule has 0 heterocycles. The minimum Gasteiger partial charge on any atom is -0.300 e. The Morgan fingerprint density at radius 3 is 2.19 bits per heavy atom. The zero-order valence-electron chi connectivity index (χ0n) is 11.3. The van der Waals surface area contributed by atoms with Crippen LogP contribution in [0.25, 0.3) is 0 Å². The topological polar surface area (TPSA) is 27.0 Å². The Hall–Kier alpha value is -0.0700. The van der Waals surface area contributed by atoms with E-state index in [4.69, 9.17) is 5.26 Å². The summed E-state index contributed by atoms with van der Waals surface area (Å²) in [6.45, 7) is 13.2. The van der Waals surface area contributed by atoms with E-state index in [9.17, 15) is 0 Å². The first-order valence-electron chi connectivity index (χ1n) is 5.99. The highest BCUT2D eigenvalue weighted by atomic mass is 79.9. The van der Waals surface area contributed by atoms with Crippen LogP contribution in [0.3, 0.4) is 0 Å². The van der Waals surface area contributed by atoms with E-state index >= 15 is 0 Å². The average molecular weight is 289 g/mol. The van der Waals surface area contributed by atoms with E-state index in [1.54, 1.807) is 0 Å². The fourth-order valence-electron chi connectivity index (χ4n) is 1.59. The molecule has 0 aliphatic carbocycles. The van der Waals surface area contributed by atoms with E-state index in [0.29, 0.717) is 23.8 Å². The van der Waals surface area contributed by atoms with Crippen LogP contribution in [-0.2, 0) is 0 Å². The molecule has 0 amide bonds. The van der Waals surface area contributed by atoms with Crippen LogP contribution >= 0.6 is 15.9 Å². The van der Waals surface area contributed by atoms with E-state index in [1.165, 1.54) is 0 Å². The third-order valence-corrected chi connectivity index (χ3v) is 3.89. The fourth-order valence-corrected chi connectivity index (χ4v) is 2.77. The maximum atomic E-state index is 8.66. The normalized spacial score (nSPS) is 14.2. The first kappa shape index (κ1) is 15.9. The van der Waals surface area contributed by atoms with Gasteiger partial charge in [-0.05, 0) is 25.2 Å². The van der Waals surface area contributed by atoms with Crippen molar-refractivity contribution in [1.82, 2.24) is 4.90 Å². The summed E-state index contributed by atoms with van der Waals surface area (Å²) in [7, 11) is 0. The fraction of sp³-hybridized carbons (Fsp3) is 0.923. The molecule has 0 bridgehead atoms.